The lowest BCUT2D eigenvalue weighted by atomic mass is 10.1. The molecule has 5 heteroatoms. The van der Waals surface area contributed by atoms with Crippen LogP contribution in [-0.4, -0.2) is 29.3 Å². The zero-order valence-electron chi connectivity index (χ0n) is 11.2. The SMILES string of the molecule is O=C(Cc1c(F)cccc1F)N1CCCCCC1CCl. The molecule has 20 heavy (non-hydrogen) atoms. The van der Waals surface area contributed by atoms with E-state index in [1.54, 1.807) is 4.90 Å². The number of alkyl halides is 1. The zero-order valence-corrected chi connectivity index (χ0v) is 12.0. The fraction of sp³-hybridized carbons (Fsp3) is 0.533. The Morgan fingerprint density at radius 3 is 2.60 bits per heavy atom. The first-order chi connectivity index (χ1) is 9.63. The van der Waals surface area contributed by atoms with E-state index >= 15 is 0 Å². The van der Waals surface area contributed by atoms with Crippen LogP contribution in [0.2, 0.25) is 0 Å². The van der Waals surface area contributed by atoms with Crippen LogP contribution in [0.5, 0.6) is 0 Å². The third-order valence-electron chi connectivity index (χ3n) is 3.77. The van der Waals surface area contributed by atoms with Crippen LogP contribution in [-0.2, 0) is 11.2 Å². The third kappa shape index (κ3) is 3.48. The van der Waals surface area contributed by atoms with Gasteiger partial charge in [0.2, 0.25) is 5.91 Å². The van der Waals surface area contributed by atoms with Gasteiger partial charge in [-0.1, -0.05) is 18.9 Å². The minimum Gasteiger partial charge on any atom is -0.338 e. The van der Waals surface area contributed by atoms with Crippen molar-refractivity contribution in [1.82, 2.24) is 4.90 Å². The maximum Gasteiger partial charge on any atom is 0.227 e. The van der Waals surface area contributed by atoms with E-state index in [4.69, 9.17) is 11.6 Å². The van der Waals surface area contributed by atoms with Crippen molar-refractivity contribution < 1.29 is 13.6 Å². The number of amides is 1. The molecular weight excluding hydrogens is 284 g/mol. The standard InChI is InChI=1S/C15H18ClF2NO/c16-10-11-5-2-1-3-8-19(11)15(20)9-12-13(17)6-4-7-14(12)18/h4,6-7,11H,1-3,5,8-10H2. The number of likely N-dealkylation sites (tertiary alicyclic amines) is 1. The Balaban J connectivity index is 2.13. The van der Waals surface area contributed by atoms with Crippen LogP contribution in [0.3, 0.4) is 0 Å². The van der Waals surface area contributed by atoms with E-state index in [0.717, 1.165) is 25.7 Å². The van der Waals surface area contributed by atoms with Gasteiger partial charge in [0.1, 0.15) is 11.6 Å². The second kappa shape index (κ2) is 7.02. The fourth-order valence-electron chi connectivity index (χ4n) is 2.62. The second-order valence-corrected chi connectivity index (χ2v) is 5.43. The Bertz CT molecular complexity index is 461. The molecule has 110 valence electrons. The molecule has 0 saturated carbocycles. The second-order valence-electron chi connectivity index (χ2n) is 5.12. The minimum atomic E-state index is -0.671. The summed E-state index contributed by atoms with van der Waals surface area (Å²) in [5.41, 5.74) is -0.157. The van der Waals surface area contributed by atoms with Gasteiger partial charge in [-0.15, -0.1) is 11.6 Å². The average Bonchev–Trinajstić information content (AvgIpc) is 2.68. The van der Waals surface area contributed by atoms with Crippen LogP contribution in [0.1, 0.15) is 31.2 Å². The highest BCUT2D eigenvalue weighted by atomic mass is 35.5. The van der Waals surface area contributed by atoms with E-state index in [1.807, 2.05) is 0 Å². The molecule has 1 unspecified atom stereocenters. The van der Waals surface area contributed by atoms with Crippen molar-refractivity contribution in [3.8, 4) is 0 Å². The normalized spacial score (nSPS) is 19.8. The Labute approximate surface area is 122 Å². The number of hydrogen-bond donors (Lipinski definition) is 0. The van der Waals surface area contributed by atoms with Crippen molar-refractivity contribution in [3.63, 3.8) is 0 Å². The summed E-state index contributed by atoms with van der Waals surface area (Å²) >= 11 is 5.92. The lowest BCUT2D eigenvalue weighted by Crippen LogP contribution is -2.42. The molecule has 2 nitrogen and oxygen atoms in total. The van der Waals surface area contributed by atoms with Gasteiger partial charge < -0.3 is 4.90 Å². The number of carbonyl (C=O) groups is 1. The summed E-state index contributed by atoms with van der Waals surface area (Å²) in [6.45, 7) is 0.617. The van der Waals surface area contributed by atoms with Crippen molar-refractivity contribution in [2.75, 3.05) is 12.4 Å². The molecule has 1 aliphatic rings. The number of halogens is 3. The molecule has 1 saturated heterocycles. The maximum atomic E-state index is 13.6. The molecule has 1 amide bonds. The molecule has 1 atom stereocenters. The average molecular weight is 302 g/mol. The number of hydrogen-bond acceptors (Lipinski definition) is 1. The molecule has 0 spiro atoms. The zero-order chi connectivity index (χ0) is 14.5. The highest BCUT2D eigenvalue weighted by Crippen LogP contribution is 2.20. The summed E-state index contributed by atoms with van der Waals surface area (Å²) in [6, 6.07) is 3.62. The van der Waals surface area contributed by atoms with E-state index in [9.17, 15) is 13.6 Å². The van der Waals surface area contributed by atoms with Crippen LogP contribution in [0.25, 0.3) is 0 Å². The Morgan fingerprint density at radius 2 is 1.95 bits per heavy atom. The predicted octanol–water partition coefficient (Wildman–Crippen LogP) is 3.52. The highest BCUT2D eigenvalue weighted by molar-refractivity contribution is 6.18. The van der Waals surface area contributed by atoms with E-state index in [0.29, 0.717) is 12.4 Å². The minimum absolute atomic E-state index is 0.0264. The highest BCUT2D eigenvalue weighted by Gasteiger charge is 2.26. The topological polar surface area (TPSA) is 20.3 Å². The van der Waals surface area contributed by atoms with Gasteiger partial charge in [-0.3, -0.25) is 4.79 Å². The van der Waals surface area contributed by atoms with E-state index in [1.165, 1.54) is 18.2 Å². The summed E-state index contributed by atoms with van der Waals surface area (Å²) in [5, 5.41) is 0. The molecule has 1 aromatic carbocycles. The Morgan fingerprint density at radius 1 is 1.25 bits per heavy atom. The largest absolute Gasteiger partial charge is 0.338 e. The van der Waals surface area contributed by atoms with Gasteiger partial charge >= 0.3 is 0 Å². The number of nitrogens with zero attached hydrogens (tertiary/aromatic N) is 1. The molecule has 1 fully saturated rings. The number of benzene rings is 1. The van der Waals surface area contributed by atoms with Gasteiger partial charge in [-0.05, 0) is 25.0 Å². The molecule has 1 aromatic rings. The van der Waals surface area contributed by atoms with Crippen molar-refractivity contribution in [3.05, 3.63) is 35.4 Å². The molecular formula is C15H18ClF2NO. The number of rotatable bonds is 3. The van der Waals surface area contributed by atoms with E-state index in [-0.39, 0.29) is 23.9 Å². The predicted molar refractivity (Wildman–Crippen MR) is 74.8 cm³/mol. The Kier molecular flexibility index (Phi) is 5.35. The lowest BCUT2D eigenvalue weighted by Gasteiger charge is -2.28. The first-order valence-corrected chi connectivity index (χ1v) is 7.45. The summed E-state index contributed by atoms with van der Waals surface area (Å²) in [6.07, 6.45) is 3.63. The van der Waals surface area contributed by atoms with Crippen molar-refractivity contribution in [2.24, 2.45) is 0 Å². The number of carbonyl (C=O) groups excluding carboxylic acids is 1. The Hall–Kier alpha value is -1.16. The fourth-order valence-corrected chi connectivity index (χ4v) is 2.94. The summed E-state index contributed by atoms with van der Waals surface area (Å²) in [5.74, 6) is -1.22. The summed E-state index contributed by atoms with van der Waals surface area (Å²) < 4.78 is 27.2. The van der Waals surface area contributed by atoms with Gasteiger partial charge in [0.15, 0.2) is 0 Å². The van der Waals surface area contributed by atoms with Gasteiger partial charge in [0.05, 0.1) is 6.42 Å². The van der Waals surface area contributed by atoms with E-state index in [2.05, 4.69) is 0 Å². The van der Waals surface area contributed by atoms with Crippen LogP contribution in [0.4, 0.5) is 8.78 Å². The third-order valence-corrected chi connectivity index (χ3v) is 4.12. The monoisotopic (exact) mass is 301 g/mol. The molecule has 1 aliphatic heterocycles. The molecule has 0 aromatic heterocycles. The lowest BCUT2D eigenvalue weighted by molar-refractivity contribution is -0.132. The first-order valence-electron chi connectivity index (χ1n) is 6.92. The molecule has 0 bridgehead atoms. The van der Waals surface area contributed by atoms with Gasteiger partial charge in [0, 0.05) is 24.0 Å². The molecule has 0 N–H and O–H groups in total. The van der Waals surface area contributed by atoms with Crippen LogP contribution >= 0.6 is 11.6 Å². The molecule has 0 radical (unpaired) electrons. The van der Waals surface area contributed by atoms with Gasteiger partial charge in [0.25, 0.3) is 0 Å². The van der Waals surface area contributed by atoms with Crippen LogP contribution in [0, 0.1) is 11.6 Å². The molecule has 1 heterocycles. The summed E-state index contributed by atoms with van der Waals surface area (Å²) in [7, 11) is 0. The summed E-state index contributed by atoms with van der Waals surface area (Å²) in [4.78, 5) is 14.0. The van der Waals surface area contributed by atoms with Crippen molar-refractivity contribution in [2.45, 2.75) is 38.1 Å². The van der Waals surface area contributed by atoms with Gasteiger partial charge in [-0.25, -0.2) is 8.78 Å². The van der Waals surface area contributed by atoms with E-state index < -0.39 is 11.6 Å². The first kappa shape index (κ1) is 15.2. The smallest absolute Gasteiger partial charge is 0.227 e. The van der Waals surface area contributed by atoms with Crippen molar-refractivity contribution >= 4 is 17.5 Å². The van der Waals surface area contributed by atoms with Gasteiger partial charge in [-0.2, -0.15) is 0 Å². The maximum absolute atomic E-state index is 13.6. The quantitative estimate of drug-likeness (QED) is 0.782. The molecule has 2 rings (SSSR count). The van der Waals surface area contributed by atoms with Crippen molar-refractivity contribution in [1.29, 1.82) is 0 Å². The van der Waals surface area contributed by atoms with Crippen LogP contribution < -0.4 is 0 Å². The van der Waals surface area contributed by atoms with Crippen LogP contribution in [0.15, 0.2) is 18.2 Å². The molecule has 0 aliphatic carbocycles.